The lowest BCUT2D eigenvalue weighted by Crippen LogP contribution is -2.15. The lowest BCUT2D eigenvalue weighted by atomic mass is 10.0. The van der Waals surface area contributed by atoms with E-state index in [4.69, 9.17) is 15.6 Å². The smallest absolute Gasteiger partial charge is 0.128 e. The van der Waals surface area contributed by atoms with Crippen molar-refractivity contribution in [2.24, 2.45) is 5.73 Å². The Kier molecular flexibility index (Phi) is 3.87. The predicted octanol–water partition coefficient (Wildman–Crippen LogP) is 1.69. The number of ether oxygens (including phenoxy) is 1. The molecule has 0 saturated heterocycles. The maximum absolute atomic E-state index is 9.04. The molecule has 0 aliphatic heterocycles. The molecule has 4 N–H and O–H groups in total. The third-order valence-corrected chi connectivity index (χ3v) is 3.25. The van der Waals surface area contributed by atoms with E-state index in [-0.39, 0.29) is 6.61 Å². The van der Waals surface area contributed by atoms with Crippen LogP contribution in [-0.2, 0) is 0 Å². The van der Waals surface area contributed by atoms with Gasteiger partial charge in [0.2, 0.25) is 0 Å². The summed E-state index contributed by atoms with van der Waals surface area (Å²) in [6.07, 6.45) is 1.71. The molecule has 0 fully saturated rings. The van der Waals surface area contributed by atoms with Gasteiger partial charge < -0.3 is 20.6 Å². The summed E-state index contributed by atoms with van der Waals surface area (Å²) >= 11 is 0. The van der Waals surface area contributed by atoms with Crippen molar-refractivity contribution in [3.05, 3.63) is 35.3 Å². The van der Waals surface area contributed by atoms with Gasteiger partial charge in [-0.1, -0.05) is 0 Å². The number of aryl methyl sites for hydroxylation is 2. The van der Waals surface area contributed by atoms with Gasteiger partial charge in [0.15, 0.2) is 0 Å². The molecule has 2 aromatic rings. The van der Waals surface area contributed by atoms with Gasteiger partial charge in [-0.05, 0) is 37.1 Å². The molecule has 1 aromatic heterocycles. The summed E-state index contributed by atoms with van der Waals surface area (Å²) in [6.45, 7) is 3.95. The van der Waals surface area contributed by atoms with Crippen LogP contribution in [0.25, 0.3) is 11.3 Å². The van der Waals surface area contributed by atoms with Crippen LogP contribution in [0.2, 0.25) is 0 Å². The Labute approximate surface area is 112 Å². The number of aromatic amines is 1. The molecule has 0 spiro atoms. The number of benzene rings is 1. The van der Waals surface area contributed by atoms with Crippen LogP contribution < -0.4 is 10.5 Å². The summed E-state index contributed by atoms with van der Waals surface area (Å²) in [5.41, 5.74) is 9.86. The summed E-state index contributed by atoms with van der Waals surface area (Å²) in [5, 5.41) is 9.04. The number of aromatic nitrogens is 2. The monoisotopic (exact) mass is 261 g/mol. The van der Waals surface area contributed by atoms with E-state index >= 15 is 0 Å². The first-order chi connectivity index (χ1) is 9.06. The van der Waals surface area contributed by atoms with Crippen molar-refractivity contribution in [1.82, 2.24) is 9.97 Å². The molecule has 0 aliphatic carbocycles. The van der Waals surface area contributed by atoms with Crippen LogP contribution >= 0.6 is 0 Å². The van der Waals surface area contributed by atoms with E-state index in [1.165, 1.54) is 11.1 Å². The van der Waals surface area contributed by atoms with Crippen LogP contribution in [0.3, 0.4) is 0 Å². The highest BCUT2D eigenvalue weighted by Gasteiger charge is 2.13. The second kappa shape index (κ2) is 5.42. The van der Waals surface area contributed by atoms with E-state index in [2.05, 4.69) is 23.0 Å². The van der Waals surface area contributed by atoms with Crippen molar-refractivity contribution in [2.45, 2.75) is 19.9 Å². The minimum absolute atomic E-state index is 0.142. The number of nitrogens with one attached hydrogen (secondary N) is 1. The van der Waals surface area contributed by atoms with Crippen molar-refractivity contribution in [2.75, 3.05) is 13.7 Å². The number of nitrogens with two attached hydrogens (primary N) is 1. The van der Waals surface area contributed by atoms with Gasteiger partial charge in [-0.25, -0.2) is 4.98 Å². The average molecular weight is 261 g/mol. The highest BCUT2D eigenvalue weighted by atomic mass is 16.5. The maximum atomic E-state index is 9.04. The van der Waals surface area contributed by atoms with Crippen molar-refractivity contribution in [3.8, 4) is 17.0 Å². The van der Waals surface area contributed by atoms with E-state index in [9.17, 15) is 0 Å². The molecule has 0 bridgehead atoms. The maximum Gasteiger partial charge on any atom is 0.128 e. The predicted molar refractivity (Wildman–Crippen MR) is 74.1 cm³/mol. The molecule has 5 heteroatoms. The second-order valence-electron chi connectivity index (χ2n) is 4.61. The molecule has 1 heterocycles. The fraction of sp³-hybridized carbons (Fsp3) is 0.357. The standard InChI is InChI=1S/C14H19N3O2/c1-8-4-10(13(19-3)5-9(8)2)12-6-16-14(17-12)11(15)7-18/h4-6,11,18H,7,15H2,1-3H3,(H,16,17). The molecular formula is C14H19N3O2. The van der Waals surface area contributed by atoms with Gasteiger partial charge in [0.1, 0.15) is 11.6 Å². The fourth-order valence-corrected chi connectivity index (χ4v) is 1.92. The topological polar surface area (TPSA) is 84.2 Å². The minimum atomic E-state index is -0.494. The molecule has 19 heavy (non-hydrogen) atoms. The fourth-order valence-electron chi connectivity index (χ4n) is 1.92. The van der Waals surface area contributed by atoms with Gasteiger partial charge >= 0.3 is 0 Å². The zero-order valence-corrected chi connectivity index (χ0v) is 11.4. The van der Waals surface area contributed by atoms with Gasteiger partial charge in [0.25, 0.3) is 0 Å². The Morgan fingerprint density at radius 1 is 1.37 bits per heavy atom. The molecule has 2 rings (SSSR count). The van der Waals surface area contributed by atoms with Gasteiger partial charge in [-0.3, -0.25) is 0 Å². The Balaban J connectivity index is 2.46. The van der Waals surface area contributed by atoms with Crippen LogP contribution in [0.1, 0.15) is 23.0 Å². The Morgan fingerprint density at radius 2 is 2.05 bits per heavy atom. The van der Waals surface area contributed by atoms with Gasteiger partial charge in [-0.15, -0.1) is 0 Å². The van der Waals surface area contributed by atoms with Crippen molar-refractivity contribution < 1.29 is 9.84 Å². The zero-order valence-electron chi connectivity index (χ0n) is 11.4. The summed E-state index contributed by atoms with van der Waals surface area (Å²) in [6, 6.07) is 3.55. The molecule has 0 saturated carbocycles. The molecule has 0 amide bonds. The summed E-state index contributed by atoms with van der Waals surface area (Å²) in [7, 11) is 1.64. The minimum Gasteiger partial charge on any atom is -0.496 e. The van der Waals surface area contributed by atoms with Crippen LogP contribution in [0, 0.1) is 13.8 Å². The molecular weight excluding hydrogens is 242 g/mol. The number of nitrogens with zero attached hydrogens (tertiary/aromatic N) is 1. The number of rotatable bonds is 4. The average Bonchev–Trinajstić information content (AvgIpc) is 2.90. The number of imidazole rings is 1. The molecule has 0 aliphatic rings. The van der Waals surface area contributed by atoms with E-state index in [0.29, 0.717) is 5.82 Å². The zero-order chi connectivity index (χ0) is 14.0. The van der Waals surface area contributed by atoms with Gasteiger partial charge in [0.05, 0.1) is 31.6 Å². The van der Waals surface area contributed by atoms with E-state index in [1.54, 1.807) is 13.3 Å². The molecule has 5 nitrogen and oxygen atoms in total. The quantitative estimate of drug-likeness (QED) is 0.782. The number of methoxy groups -OCH3 is 1. The third-order valence-electron chi connectivity index (χ3n) is 3.25. The Morgan fingerprint density at radius 3 is 2.68 bits per heavy atom. The third kappa shape index (κ3) is 2.62. The highest BCUT2D eigenvalue weighted by molar-refractivity contribution is 5.68. The summed E-state index contributed by atoms with van der Waals surface area (Å²) in [5.74, 6) is 1.36. The Bertz CT molecular complexity index is 578. The molecule has 0 radical (unpaired) electrons. The number of H-pyrrole nitrogens is 1. The number of aliphatic hydroxyl groups excluding tert-OH is 1. The number of hydrogen-bond acceptors (Lipinski definition) is 4. The van der Waals surface area contributed by atoms with Gasteiger partial charge in [-0.2, -0.15) is 0 Å². The highest BCUT2D eigenvalue weighted by Crippen LogP contribution is 2.31. The molecule has 102 valence electrons. The molecule has 1 unspecified atom stereocenters. The second-order valence-corrected chi connectivity index (χ2v) is 4.61. The first-order valence-corrected chi connectivity index (χ1v) is 6.13. The number of aliphatic hydroxyl groups is 1. The van der Waals surface area contributed by atoms with Crippen LogP contribution in [0.4, 0.5) is 0 Å². The summed E-state index contributed by atoms with van der Waals surface area (Å²) < 4.78 is 5.40. The summed E-state index contributed by atoms with van der Waals surface area (Å²) in [4.78, 5) is 7.32. The van der Waals surface area contributed by atoms with Crippen molar-refractivity contribution in [3.63, 3.8) is 0 Å². The van der Waals surface area contributed by atoms with Gasteiger partial charge in [0, 0.05) is 5.56 Å². The normalized spacial score (nSPS) is 12.5. The largest absolute Gasteiger partial charge is 0.496 e. The van der Waals surface area contributed by atoms with Crippen LogP contribution in [0.15, 0.2) is 18.3 Å². The van der Waals surface area contributed by atoms with E-state index in [0.717, 1.165) is 17.0 Å². The molecule has 1 atom stereocenters. The molecule has 1 aromatic carbocycles. The van der Waals surface area contributed by atoms with Crippen molar-refractivity contribution in [1.29, 1.82) is 0 Å². The van der Waals surface area contributed by atoms with E-state index in [1.807, 2.05) is 13.0 Å². The Hall–Kier alpha value is -1.85. The van der Waals surface area contributed by atoms with E-state index < -0.39 is 6.04 Å². The number of hydrogen-bond donors (Lipinski definition) is 3. The first kappa shape index (κ1) is 13.6. The lowest BCUT2D eigenvalue weighted by molar-refractivity contribution is 0.264. The van der Waals surface area contributed by atoms with Crippen molar-refractivity contribution >= 4 is 0 Å². The first-order valence-electron chi connectivity index (χ1n) is 6.13. The lowest BCUT2D eigenvalue weighted by Gasteiger charge is -2.10. The van der Waals surface area contributed by atoms with Crippen LogP contribution in [0.5, 0.6) is 5.75 Å². The SMILES string of the molecule is COc1cc(C)c(C)cc1-c1cnc(C(N)CO)[nH]1. The van der Waals surface area contributed by atoms with Crippen LogP contribution in [-0.4, -0.2) is 28.8 Å².